The van der Waals surface area contributed by atoms with E-state index < -0.39 is 0 Å². The molecule has 21 heavy (non-hydrogen) atoms. The highest BCUT2D eigenvalue weighted by molar-refractivity contribution is 7.10. The van der Waals surface area contributed by atoms with Crippen LogP contribution < -0.4 is 10.6 Å². The fourth-order valence-corrected chi connectivity index (χ4v) is 3.08. The van der Waals surface area contributed by atoms with Gasteiger partial charge in [-0.2, -0.15) is 0 Å². The highest BCUT2D eigenvalue weighted by atomic mass is 32.1. The number of aliphatic imine (C=N–C) groups is 1. The van der Waals surface area contributed by atoms with E-state index in [4.69, 9.17) is 0 Å². The van der Waals surface area contributed by atoms with Crippen LogP contribution >= 0.6 is 22.7 Å². The van der Waals surface area contributed by atoms with Crippen molar-refractivity contribution >= 4 is 28.6 Å². The molecule has 114 valence electrons. The Morgan fingerprint density at radius 2 is 2.14 bits per heavy atom. The number of nitrogens with zero attached hydrogens (tertiary/aromatic N) is 2. The third kappa shape index (κ3) is 5.85. The van der Waals surface area contributed by atoms with Gasteiger partial charge < -0.3 is 10.6 Å². The Bertz CT molecular complexity index is 546. The van der Waals surface area contributed by atoms with Crippen LogP contribution in [-0.4, -0.2) is 24.0 Å². The van der Waals surface area contributed by atoms with Gasteiger partial charge in [-0.05, 0) is 24.8 Å². The number of hydrogen-bond donors (Lipinski definition) is 2. The van der Waals surface area contributed by atoms with E-state index in [0.29, 0.717) is 0 Å². The Morgan fingerprint density at radius 1 is 1.29 bits per heavy atom. The SMILES string of the molecule is CCCNC(=NCc1cccs1)NCCc1csc(C)n1. The van der Waals surface area contributed by atoms with E-state index in [1.54, 1.807) is 22.7 Å². The van der Waals surface area contributed by atoms with E-state index in [-0.39, 0.29) is 0 Å². The standard InChI is InChI=1S/C15H22N4S2/c1-3-7-16-15(18-10-14-5-4-9-20-14)17-8-6-13-11-21-12(2)19-13/h4-5,9,11H,3,6-8,10H2,1-2H3,(H2,16,17,18). The summed E-state index contributed by atoms with van der Waals surface area (Å²) >= 11 is 3.44. The average Bonchev–Trinajstić information content (AvgIpc) is 3.13. The number of guanidine groups is 1. The monoisotopic (exact) mass is 322 g/mol. The lowest BCUT2D eigenvalue weighted by molar-refractivity contribution is 0.761. The van der Waals surface area contributed by atoms with Gasteiger partial charge in [0.1, 0.15) is 0 Å². The van der Waals surface area contributed by atoms with Gasteiger partial charge in [-0.3, -0.25) is 0 Å². The molecule has 0 unspecified atom stereocenters. The Balaban J connectivity index is 1.82. The maximum Gasteiger partial charge on any atom is 0.191 e. The van der Waals surface area contributed by atoms with E-state index >= 15 is 0 Å². The normalized spacial score (nSPS) is 11.6. The maximum absolute atomic E-state index is 4.63. The molecule has 0 aliphatic heterocycles. The Morgan fingerprint density at radius 3 is 2.81 bits per heavy atom. The molecule has 0 saturated heterocycles. The fourth-order valence-electron chi connectivity index (χ4n) is 1.81. The van der Waals surface area contributed by atoms with E-state index in [1.807, 2.05) is 6.92 Å². The summed E-state index contributed by atoms with van der Waals surface area (Å²) in [6, 6.07) is 4.18. The Kier molecular flexibility index (Phi) is 6.69. The van der Waals surface area contributed by atoms with Crippen LogP contribution in [0.15, 0.2) is 27.9 Å². The van der Waals surface area contributed by atoms with E-state index in [0.717, 1.165) is 49.1 Å². The van der Waals surface area contributed by atoms with Gasteiger partial charge in [0.2, 0.25) is 0 Å². The van der Waals surface area contributed by atoms with Gasteiger partial charge in [0.05, 0.1) is 17.2 Å². The lowest BCUT2D eigenvalue weighted by Gasteiger charge is -2.11. The van der Waals surface area contributed by atoms with Crippen molar-refractivity contribution in [3.05, 3.63) is 38.5 Å². The molecule has 0 aliphatic rings. The predicted octanol–water partition coefficient (Wildman–Crippen LogP) is 3.20. The zero-order valence-electron chi connectivity index (χ0n) is 12.6. The van der Waals surface area contributed by atoms with Crippen LogP contribution in [0.25, 0.3) is 0 Å². The molecular weight excluding hydrogens is 300 g/mol. The molecule has 4 nitrogen and oxygen atoms in total. The summed E-state index contributed by atoms with van der Waals surface area (Å²) in [5, 5.41) is 12.1. The third-order valence-electron chi connectivity index (χ3n) is 2.86. The quantitative estimate of drug-likeness (QED) is 0.608. The molecule has 0 saturated carbocycles. The van der Waals surface area contributed by atoms with Gasteiger partial charge in [-0.15, -0.1) is 22.7 Å². The second-order valence-electron chi connectivity index (χ2n) is 4.71. The van der Waals surface area contributed by atoms with Crippen LogP contribution in [0.1, 0.15) is 28.9 Å². The van der Waals surface area contributed by atoms with Gasteiger partial charge in [-0.1, -0.05) is 13.0 Å². The van der Waals surface area contributed by atoms with Crippen molar-refractivity contribution in [2.45, 2.75) is 33.2 Å². The molecule has 0 spiro atoms. The molecule has 0 amide bonds. The molecule has 0 atom stereocenters. The van der Waals surface area contributed by atoms with E-state index in [1.165, 1.54) is 4.88 Å². The van der Waals surface area contributed by atoms with Crippen LogP contribution in [0.4, 0.5) is 0 Å². The Hall–Kier alpha value is -1.40. The summed E-state index contributed by atoms with van der Waals surface area (Å²) < 4.78 is 0. The second-order valence-corrected chi connectivity index (χ2v) is 6.80. The molecule has 0 fully saturated rings. The molecule has 2 heterocycles. The zero-order valence-corrected chi connectivity index (χ0v) is 14.2. The lowest BCUT2D eigenvalue weighted by atomic mass is 10.3. The van der Waals surface area contributed by atoms with E-state index in [2.05, 4.69) is 50.4 Å². The van der Waals surface area contributed by atoms with Crippen molar-refractivity contribution in [1.29, 1.82) is 0 Å². The van der Waals surface area contributed by atoms with Crippen molar-refractivity contribution in [2.24, 2.45) is 4.99 Å². The first-order chi connectivity index (χ1) is 10.3. The maximum atomic E-state index is 4.63. The number of hydrogen-bond acceptors (Lipinski definition) is 4. The molecular formula is C15H22N4S2. The first-order valence-electron chi connectivity index (χ1n) is 7.23. The van der Waals surface area contributed by atoms with Gasteiger partial charge >= 0.3 is 0 Å². The van der Waals surface area contributed by atoms with Crippen molar-refractivity contribution in [3.63, 3.8) is 0 Å². The average molecular weight is 323 g/mol. The van der Waals surface area contributed by atoms with Crippen LogP contribution in [0.5, 0.6) is 0 Å². The molecule has 0 aromatic carbocycles. The zero-order chi connectivity index (χ0) is 14.9. The number of aromatic nitrogens is 1. The summed E-state index contributed by atoms with van der Waals surface area (Å²) in [7, 11) is 0. The van der Waals surface area contributed by atoms with Crippen LogP contribution in [0, 0.1) is 6.92 Å². The smallest absolute Gasteiger partial charge is 0.191 e. The Labute approximate surface area is 134 Å². The molecule has 2 aromatic heterocycles. The van der Waals surface area contributed by atoms with Crippen molar-refractivity contribution in [2.75, 3.05) is 13.1 Å². The topological polar surface area (TPSA) is 49.3 Å². The van der Waals surface area contributed by atoms with E-state index in [9.17, 15) is 0 Å². The third-order valence-corrected chi connectivity index (χ3v) is 4.54. The highest BCUT2D eigenvalue weighted by Crippen LogP contribution is 2.09. The van der Waals surface area contributed by atoms with Crippen LogP contribution in [0.2, 0.25) is 0 Å². The van der Waals surface area contributed by atoms with Crippen LogP contribution in [0.3, 0.4) is 0 Å². The van der Waals surface area contributed by atoms with Crippen LogP contribution in [-0.2, 0) is 13.0 Å². The first-order valence-corrected chi connectivity index (χ1v) is 8.99. The number of nitrogens with one attached hydrogen (secondary N) is 2. The van der Waals surface area contributed by atoms with Crippen molar-refractivity contribution in [3.8, 4) is 0 Å². The summed E-state index contributed by atoms with van der Waals surface area (Å²) in [6.45, 7) is 6.71. The fraction of sp³-hybridized carbons (Fsp3) is 0.467. The van der Waals surface area contributed by atoms with Gasteiger partial charge in [-0.25, -0.2) is 9.98 Å². The number of thiophene rings is 1. The minimum Gasteiger partial charge on any atom is -0.356 e. The first kappa shape index (κ1) is 16.0. The molecule has 2 rings (SSSR count). The minimum absolute atomic E-state index is 0.729. The second kappa shape index (κ2) is 8.79. The largest absolute Gasteiger partial charge is 0.356 e. The number of rotatable bonds is 7. The molecule has 6 heteroatoms. The molecule has 2 aromatic rings. The summed E-state index contributed by atoms with van der Waals surface area (Å²) in [5.41, 5.74) is 1.15. The summed E-state index contributed by atoms with van der Waals surface area (Å²) in [4.78, 5) is 10.4. The minimum atomic E-state index is 0.729. The number of aryl methyl sites for hydroxylation is 1. The molecule has 0 bridgehead atoms. The van der Waals surface area contributed by atoms with Gasteiger partial charge in [0, 0.05) is 29.8 Å². The van der Waals surface area contributed by atoms with Crippen molar-refractivity contribution in [1.82, 2.24) is 15.6 Å². The predicted molar refractivity (Wildman–Crippen MR) is 92.3 cm³/mol. The number of thiazole rings is 1. The lowest BCUT2D eigenvalue weighted by Crippen LogP contribution is -2.38. The molecule has 0 radical (unpaired) electrons. The van der Waals surface area contributed by atoms with Gasteiger partial charge in [0.15, 0.2) is 5.96 Å². The summed E-state index contributed by atoms with van der Waals surface area (Å²) in [6.07, 6.45) is 2.02. The van der Waals surface area contributed by atoms with Crippen molar-refractivity contribution < 1.29 is 0 Å². The molecule has 0 aliphatic carbocycles. The molecule has 2 N–H and O–H groups in total. The summed E-state index contributed by atoms with van der Waals surface area (Å²) in [5.74, 6) is 0.886. The van der Waals surface area contributed by atoms with Gasteiger partial charge in [0.25, 0.3) is 0 Å². The highest BCUT2D eigenvalue weighted by Gasteiger charge is 2.01.